The monoisotopic (exact) mass is 429 g/mol. The van der Waals surface area contributed by atoms with Crippen molar-refractivity contribution in [3.05, 3.63) is 71.2 Å². The van der Waals surface area contributed by atoms with Gasteiger partial charge in [0.2, 0.25) is 5.91 Å². The summed E-state index contributed by atoms with van der Waals surface area (Å²) in [4.78, 5) is 32.4. The van der Waals surface area contributed by atoms with Crippen molar-refractivity contribution >= 4 is 17.6 Å². The van der Waals surface area contributed by atoms with Crippen LogP contribution in [-0.2, 0) is 17.6 Å². The van der Waals surface area contributed by atoms with Crippen molar-refractivity contribution in [2.45, 2.75) is 39.0 Å². The van der Waals surface area contributed by atoms with Crippen LogP contribution in [0.2, 0.25) is 0 Å². The third kappa shape index (κ3) is 3.90. The van der Waals surface area contributed by atoms with Crippen molar-refractivity contribution < 1.29 is 9.59 Å². The number of fused-ring (bicyclic) bond motifs is 1. The van der Waals surface area contributed by atoms with Crippen LogP contribution in [-0.4, -0.2) is 44.6 Å². The largest absolute Gasteiger partial charge is 0.336 e. The molecule has 1 unspecified atom stereocenters. The molecular weight excluding hydrogens is 402 g/mol. The van der Waals surface area contributed by atoms with Crippen LogP contribution >= 0.6 is 0 Å². The predicted molar refractivity (Wildman–Crippen MR) is 122 cm³/mol. The Bertz CT molecular complexity index is 1140. The molecule has 0 bridgehead atoms. The molecule has 0 spiro atoms. The summed E-state index contributed by atoms with van der Waals surface area (Å²) >= 11 is 0. The van der Waals surface area contributed by atoms with Gasteiger partial charge in [-0.15, -0.1) is 0 Å². The molecule has 1 aliphatic heterocycles. The van der Waals surface area contributed by atoms with Crippen molar-refractivity contribution in [1.82, 2.24) is 19.7 Å². The van der Waals surface area contributed by atoms with Gasteiger partial charge in [-0.25, -0.2) is 9.67 Å². The van der Waals surface area contributed by atoms with E-state index in [1.807, 2.05) is 48.0 Å². The molecule has 1 N–H and O–H groups in total. The number of nitrogens with one attached hydrogen (secondary N) is 1. The number of likely N-dealkylation sites (tertiary alicyclic amines) is 1. The minimum absolute atomic E-state index is 0.0659. The maximum atomic E-state index is 13.5. The Hall–Kier alpha value is -3.48. The maximum absolute atomic E-state index is 13.5. The van der Waals surface area contributed by atoms with Crippen molar-refractivity contribution in [3.63, 3.8) is 0 Å². The van der Waals surface area contributed by atoms with Gasteiger partial charge in [-0.2, -0.15) is 5.10 Å². The summed E-state index contributed by atoms with van der Waals surface area (Å²) in [5.41, 5.74) is 4.76. The van der Waals surface area contributed by atoms with Gasteiger partial charge in [-0.05, 0) is 62.8 Å². The van der Waals surface area contributed by atoms with Gasteiger partial charge in [-0.1, -0.05) is 24.3 Å². The SMILES string of the molecule is Cc1ccc(NC(=O)C2CCCN(C(=O)c3nn(-c4ccccc4)c4c3CCC4)C2)nc1. The first-order valence-corrected chi connectivity index (χ1v) is 11.3. The number of carbonyl (C=O) groups excluding carboxylic acids is 2. The number of carbonyl (C=O) groups is 2. The predicted octanol–water partition coefficient (Wildman–Crippen LogP) is 3.56. The molecule has 1 aliphatic carbocycles. The Morgan fingerprint density at radius 1 is 1.06 bits per heavy atom. The molecule has 7 nitrogen and oxygen atoms in total. The summed E-state index contributed by atoms with van der Waals surface area (Å²) in [6.07, 6.45) is 6.13. The second-order valence-corrected chi connectivity index (χ2v) is 8.68. The lowest BCUT2D eigenvalue weighted by molar-refractivity contribution is -0.121. The van der Waals surface area contributed by atoms with E-state index in [4.69, 9.17) is 5.10 Å². The quantitative estimate of drug-likeness (QED) is 0.688. The molecule has 1 fully saturated rings. The van der Waals surface area contributed by atoms with Crippen LogP contribution < -0.4 is 5.32 Å². The van der Waals surface area contributed by atoms with Crippen LogP contribution in [0.5, 0.6) is 0 Å². The summed E-state index contributed by atoms with van der Waals surface area (Å²) in [5, 5.41) is 7.64. The molecule has 2 aromatic heterocycles. The fourth-order valence-corrected chi connectivity index (χ4v) is 4.69. The van der Waals surface area contributed by atoms with Gasteiger partial charge in [0, 0.05) is 30.5 Å². The molecule has 3 aromatic rings. The summed E-state index contributed by atoms with van der Waals surface area (Å²) < 4.78 is 1.92. The van der Waals surface area contributed by atoms with Gasteiger partial charge in [0.1, 0.15) is 5.82 Å². The molecular formula is C25H27N5O2. The highest BCUT2D eigenvalue weighted by Crippen LogP contribution is 2.29. The molecule has 5 rings (SSSR count). The average Bonchev–Trinajstić information content (AvgIpc) is 3.44. The number of aryl methyl sites for hydroxylation is 1. The summed E-state index contributed by atoms with van der Waals surface area (Å²) in [5.74, 6) is 0.145. The van der Waals surface area contributed by atoms with E-state index >= 15 is 0 Å². The van der Waals surface area contributed by atoms with E-state index < -0.39 is 0 Å². The van der Waals surface area contributed by atoms with Crippen LogP contribution in [0.15, 0.2) is 48.7 Å². The molecule has 0 saturated carbocycles. The van der Waals surface area contributed by atoms with Gasteiger partial charge < -0.3 is 10.2 Å². The number of amides is 2. The lowest BCUT2D eigenvalue weighted by atomic mass is 9.96. The molecule has 7 heteroatoms. The number of benzene rings is 1. The number of pyridine rings is 1. The normalized spacial score (nSPS) is 17.8. The number of piperidine rings is 1. The van der Waals surface area contributed by atoms with Crippen LogP contribution in [0.4, 0.5) is 5.82 Å². The smallest absolute Gasteiger partial charge is 0.274 e. The molecule has 1 aromatic carbocycles. The Morgan fingerprint density at radius 2 is 1.91 bits per heavy atom. The first-order valence-electron chi connectivity index (χ1n) is 11.3. The Morgan fingerprint density at radius 3 is 2.69 bits per heavy atom. The highest BCUT2D eigenvalue weighted by atomic mass is 16.2. The number of rotatable bonds is 4. The number of para-hydroxylation sites is 1. The van der Waals surface area contributed by atoms with Gasteiger partial charge in [-0.3, -0.25) is 9.59 Å². The topological polar surface area (TPSA) is 80.1 Å². The number of hydrogen-bond donors (Lipinski definition) is 1. The van der Waals surface area contributed by atoms with E-state index in [2.05, 4.69) is 10.3 Å². The molecule has 0 radical (unpaired) electrons. The highest BCUT2D eigenvalue weighted by Gasteiger charge is 2.33. The van der Waals surface area contributed by atoms with Crippen LogP contribution in [0.1, 0.15) is 46.6 Å². The summed E-state index contributed by atoms with van der Waals surface area (Å²) in [6.45, 7) is 3.01. The Balaban J connectivity index is 1.34. The Kier molecular flexibility index (Phi) is 5.47. The van der Waals surface area contributed by atoms with Crippen LogP contribution in [0.25, 0.3) is 5.69 Å². The van der Waals surface area contributed by atoms with E-state index in [1.165, 1.54) is 0 Å². The number of nitrogens with zero attached hydrogens (tertiary/aromatic N) is 4. The molecule has 2 amide bonds. The lowest BCUT2D eigenvalue weighted by Crippen LogP contribution is -2.44. The fraction of sp³-hybridized carbons (Fsp3) is 0.360. The van der Waals surface area contributed by atoms with E-state index in [1.54, 1.807) is 17.2 Å². The van der Waals surface area contributed by atoms with Crippen molar-refractivity contribution in [1.29, 1.82) is 0 Å². The van der Waals surface area contributed by atoms with Crippen molar-refractivity contribution in [2.24, 2.45) is 5.92 Å². The molecule has 3 heterocycles. The van der Waals surface area contributed by atoms with Crippen LogP contribution in [0.3, 0.4) is 0 Å². The highest BCUT2D eigenvalue weighted by molar-refractivity contribution is 5.96. The number of hydrogen-bond acceptors (Lipinski definition) is 4. The molecule has 1 atom stereocenters. The van der Waals surface area contributed by atoms with E-state index in [-0.39, 0.29) is 17.7 Å². The Labute approximate surface area is 187 Å². The standard InChI is InChI=1S/C25H27N5O2/c1-17-12-13-22(26-15-17)27-24(31)18-7-6-14-29(16-18)25(32)23-20-10-5-11-21(20)30(28-23)19-8-3-2-4-9-19/h2-4,8-9,12-13,15,18H,5-7,10-11,14,16H2,1H3,(H,26,27,31). The van der Waals surface area contributed by atoms with E-state index in [0.717, 1.165) is 54.6 Å². The molecule has 164 valence electrons. The summed E-state index contributed by atoms with van der Waals surface area (Å²) in [7, 11) is 0. The minimum atomic E-state index is -0.250. The molecule has 2 aliphatic rings. The van der Waals surface area contributed by atoms with E-state index in [0.29, 0.717) is 24.6 Å². The van der Waals surface area contributed by atoms with Gasteiger partial charge in [0.25, 0.3) is 5.91 Å². The minimum Gasteiger partial charge on any atom is -0.336 e. The average molecular weight is 430 g/mol. The zero-order chi connectivity index (χ0) is 22.1. The molecule has 32 heavy (non-hydrogen) atoms. The van der Waals surface area contributed by atoms with Crippen molar-refractivity contribution in [3.8, 4) is 5.69 Å². The van der Waals surface area contributed by atoms with Gasteiger partial charge >= 0.3 is 0 Å². The van der Waals surface area contributed by atoms with Crippen LogP contribution in [0, 0.1) is 12.8 Å². The van der Waals surface area contributed by atoms with Gasteiger partial charge in [0.15, 0.2) is 5.69 Å². The fourth-order valence-electron chi connectivity index (χ4n) is 4.69. The first-order chi connectivity index (χ1) is 15.6. The maximum Gasteiger partial charge on any atom is 0.274 e. The van der Waals surface area contributed by atoms with Crippen molar-refractivity contribution in [2.75, 3.05) is 18.4 Å². The number of anilines is 1. The third-order valence-corrected chi connectivity index (χ3v) is 6.38. The first kappa shape index (κ1) is 20.4. The molecule has 1 saturated heterocycles. The second kappa shape index (κ2) is 8.57. The number of aromatic nitrogens is 3. The lowest BCUT2D eigenvalue weighted by Gasteiger charge is -2.31. The zero-order valence-electron chi connectivity index (χ0n) is 18.3. The second-order valence-electron chi connectivity index (χ2n) is 8.68. The van der Waals surface area contributed by atoms with Gasteiger partial charge in [0.05, 0.1) is 11.6 Å². The zero-order valence-corrected chi connectivity index (χ0v) is 18.3. The third-order valence-electron chi connectivity index (χ3n) is 6.38. The summed E-state index contributed by atoms with van der Waals surface area (Å²) in [6, 6.07) is 13.7. The van der Waals surface area contributed by atoms with E-state index in [9.17, 15) is 9.59 Å².